The van der Waals surface area contributed by atoms with Gasteiger partial charge in [-0.15, -0.1) is 0 Å². The van der Waals surface area contributed by atoms with Crippen molar-refractivity contribution in [1.29, 1.82) is 0 Å². The lowest BCUT2D eigenvalue weighted by atomic mass is 10.1. The molecule has 0 aromatic heterocycles. The van der Waals surface area contributed by atoms with E-state index < -0.39 is 0 Å². The zero-order valence-corrected chi connectivity index (χ0v) is 17.9. The highest BCUT2D eigenvalue weighted by molar-refractivity contribution is 6.32. The number of nitrogens with zero attached hydrogens (tertiary/aromatic N) is 1. The summed E-state index contributed by atoms with van der Waals surface area (Å²) in [6, 6.07) is 19.5. The van der Waals surface area contributed by atoms with Crippen LogP contribution in [-0.2, 0) is 4.79 Å². The Bertz CT molecular complexity index is 1110. The van der Waals surface area contributed by atoms with Crippen molar-refractivity contribution in [3.05, 3.63) is 94.0 Å². The fourth-order valence-corrected chi connectivity index (χ4v) is 2.99. The normalized spacial score (nSPS) is 10.7. The van der Waals surface area contributed by atoms with Crippen LogP contribution in [0.3, 0.4) is 0 Å². The van der Waals surface area contributed by atoms with E-state index in [0.29, 0.717) is 21.9 Å². The van der Waals surface area contributed by atoms with Gasteiger partial charge in [-0.05, 0) is 66.9 Å². The van der Waals surface area contributed by atoms with Crippen molar-refractivity contribution in [3.63, 3.8) is 0 Å². The van der Waals surface area contributed by atoms with E-state index in [1.165, 1.54) is 6.21 Å². The summed E-state index contributed by atoms with van der Waals surface area (Å²) in [6.45, 7) is 3.76. The number of nitrogens with one attached hydrogen (secondary N) is 2. The van der Waals surface area contributed by atoms with Crippen molar-refractivity contribution in [1.82, 2.24) is 5.43 Å². The highest BCUT2D eigenvalue weighted by Crippen LogP contribution is 2.25. The van der Waals surface area contributed by atoms with Gasteiger partial charge in [-0.2, -0.15) is 5.10 Å². The lowest BCUT2D eigenvalue weighted by molar-refractivity contribution is -0.118. The average molecular weight is 436 g/mol. The predicted molar refractivity (Wildman–Crippen MR) is 123 cm³/mol. The number of anilines is 1. The maximum Gasteiger partial charge on any atom is 0.271 e. The average Bonchev–Trinajstić information content (AvgIpc) is 2.77. The number of carbonyl (C=O) groups is 2. The monoisotopic (exact) mass is 435 g/mol. The van der Waals surface area contributed by atoms with E-state index in [1.807, 2.05) is 38.1 Å². The van der Waals surface area contributed by atoms with Crippen LogP contribution in [0.25, 0.3) is 0 Å². The number of carbonyl (C=O) groups excluding carboxylic acids is 2. The van der Waals surface area contributed by atoms with Gasteiger partial charge in [-0.25, -0.2) is 5.43 Å². The summed E-state index contributed by atoms with van der Waals surface area (Å²) in [5.41, 5.74) is 6.50. The Morgan fingerprint density at radius 3 is 2.55 bits per heavy atom. The van der Waals surface area contributed by atoms with E-state index in [9.17, 15) is 9.59 Å². The summed E-state index contributed by atoms with van der Waals surface area (Å²) in [6.07, 6.45) is 1.48. The van der Waals surface area contributed by atoms with Gasteiger partial charge in [0.1, 0.15) is 5.75 Å². The van der Waals surface area contributed by atoms with Gasteiger partial charge in [0.2, 0.25) is 0 Å². The van der Waals surface area contributed by atoms with Crippen molar-refractivity contribution in [3.8, 4) is 5.75 Å². The highest BCUT2D eigenvalue weighted by atomic mass is 35.5. The summed E-state index contributed by atoms with van der Waals surface area (Å²) in [5.74, 6) is -0.208. The Hall–Kier alpha value is -3.64. The van der Waals surface area contributed by atoms with Gasteiger partial charge in [0.15, 0.2) is 6.61 Å². The third kappa shape index (κ3) is 6.17. The number of rotatable bonds is 7. The summed E-state index contributed by atoms with van der Waals surface area (Å²) < 4.78 is 5.54. The van der Waals surface area contributed by atoms with E-state index in [1.54, 1.807) is 42.5 Å². The van der Waals surface area contributed by atoms with E-state index in [2.05, 4.69) is 15.8 Å². The maximum absolute atomic E-state index is 12.2. The quantitative estimate of drug-likeness (QED) is 0.415. The predicted octanol–water partition coefficient (Wildman–Crippen LogP) is 4.74. The van der Waals surface area contributed by atoms with Gasteiger partial charge >= 0.3 is 0 Å². The van der Waals surface area contributed by atoms with Crippen LogP contribution in [-0.4, -0.2) is 24.6 Å². The van der Waals surface area contributed by atoms with Crippen LogP contribution in [0.15, 0.2) is 71.8 Å². The number of ether oxygens (including phenoxy) is 1. The minimum atomic E-state index is -0.308. The molecule has 0 saturated heterocycles. The fourth-order valence-electron chi connectivity index (χ4n) is 2.75. The van der Waals surface area contributed by atoms with Gasteiger partial charge in [-0.3, -0.25) is 9.59 Å². The molecule has 0 saturated carbocycles. The Morgan fingerprint density at radius 1 is 1.03 bits per heavy atom. The van der Waals surface area contributed by atoms with E-state index in [0.717, 1.165) is 16.8 Å². The Labute approximate surface area is 185 Å². The first-order valence-corrected chi connectivity index (χ1v) is 9.98. The smallest absolute Gasteiger partial charge is 0.271 e. The van der Waals surface area contributed by atoms with Crippen LogP contribution in [0.4, 0.5) is 5.69 Å². The Kier molecular flexibility index (Phi) is 7.40. The molecule has 0 aliphatic carbocycles. The minimum Gasteiger partial charge on any atom is -0.482 e. The molecule has 0 heterocycles. The second-order valence-electron chi connectivity index (χ2n) is 6.84. The molecule has 7 heteroatoms. The molecule has 3 aromatic rings. The lowest BCUT2D eigenvalue weighted by Gasteiger charge is -2.12. The van der Waals surface area contributed by atoms with Gasteiger partial charge < -0.3 is 10.1 Å². The van der Waals surface area contributed by atoms with E-state index >= 15 is 0 Å². The molecule has 0 bridgehead atoms. The zero-order valence-electron chi connectivity index (χ0n) is 17.2. The molecular formula is C24H22ClN3O3. The fraction of sp³-hybridized carbons (Fsp3) is 0.125. The van der Waals surface area contributed by atoms with Crippen LogP contribution < -0.4 is 15.5 Å². The third-order valence-corrected chi connectivity index (χ3v) is 4.90. The molecule has 0 aliphatic heterocycles. The molecule has 158 valence electrons. The van der Waals surface area contributed by atoms with Crippen LogP contribution in [0.5, 0.6) is 5.75 Å². The Balaban J connectivity index is 1.53. The largest absolute Gasteiger partial charge is 0.482 e. The summed E-state index contributed by atoms with van der Waals surface area (Å²) in [7, 11) is 0. The van der Waals surface area contributed by atoms with Gasteiger partial charge in [0.25, 0.3) is 11.8 Å². The first kappa shape index (κ1) is 22.1. The molecule has 0 fully saturated rings. The molecular weight excluding hydrogens is 414 g/mol. The second-order valence-corrected chi connectivity index (χ2v) is 7.25. The van der Waals surface area contributed by atoms with Crippen LogP contribution in [0.1, 0.15) is 27.0 Å². The SMILES string of the molecule is Cc1cccc(NC(=O)COc2ccc(/C=N/NC(=O)c3ccccc3)cc2Cl)c1C. The van der Waals surface area contributed by atoms with Crippen molar-refractivity contribution < 1.29 is 14.3 Å². The van der Waals surface area contributed by atoms with Gasteiger partial charge in [0, 0.05) is 11.3 Å². The molecule has 0 unspecified atom stereocenters. The number of benzene rings is 3. The second kappa shape index (κ2) is 10.4. The first-order valence-electron chi connectivity index (χ1n) is 9.61. The minimum absolute atomic E-state index is 0.173. The molecule has 3 aromatic carbocycles. The van der Waals surface area contributed by atoms with Crippen molar-refractivity contribution in [2.45, 2.75) is 13.8 Å². The molecule has 0 spiro atoms. The van der Waals surface area contributed by atoms with Crippen LogP contribution in [0, 0.1) is 13.8 Å². The van der Waals surface area contributed by atoms with Crippen LogP contribution in [0.2, 0.25) is 5.02 Å². The number of hydrogen-bond donors (Lipinski definition) is 2. The van der Waals surface area contributed by atoms with E-state index in [4.69, 9.17) is 16.3 Å². The summed E-state index contributed by atoms with van der Waals surface area (Å²) in [5, 5.41) is 7.10. The van der Waals surface area contributed by atoms with Crippen molar-refractivity contribution >= 4 is 35.3 Å². The number of halogens is 1. The van der Waals surface area contributed by atoms with Crippen LogP contribution >= 0.6 is 11.6 Å². The lowest BCUT2D eigenvalue weighted by Crippen LogP contribution is -2.21. The van der Waals surface area contributed by atoms with Crippen molar-refractivity contribution in [2.75, 3.05) is 11.9 Å². The number of amides is 2. The maximum atomic E-state index is 12.2. The zero-order chi connectivity index (χ0) is 22.2. The molecule has 3 rings (SSSR count). The molecule has 6 nitrogen and oxygen atoms in total. The Morgan fingerprint density at radius 2 is 1.81 bits per heavy atom. The number of hydrogen-bond acceptors (Lipinski definition) is 4. The van der Waals surface area contributed by atoms with Gasteiger partial charge in [-0.1, -0.05) is 41.9 Å². The molecule has 2 amide bonds. The van der Waals surface area contributed by atoms with E-state index in [-0.39, 0.29) is 18.4 Å². The number of aryl methyl sites for hydroxylation is 1. The van der Waals surface area contributed by atoms with Crippen molar-refractivity contribution in [2.24, 2.45) is 5.10 Å². The molecule has 0 aliphatic rings. The summed E-state index contributed by atoms with van der Waals surface area (Å²) in [4.78, 5) is 24.2. The summed E-state index contributed by atoms with van der Waals surface area (Å²) >= 11 is 6.25. The molecule has 31 heavy (non-hydrogen) atoms. The first-order chi connectivity index (χ1) is 14.9. The molecule has 0 atom stereocenters. The number of hydrazone groups is 1. The standard InChI is InChI=1S/C24H22ClN3O3/c1-16-7-6-10-21(17(16)2)27-23(29)15-31-22-12-11-18(13-20(22)25)14-26-28-24(30)19-8-4-3-5-9-19/h3-14H,15H2,1-2H3,(H,27,29)(H,28,30)/b26-14+. The molecule has 0 radical (unpaired) electrons. The van der Waals surface area contributed by atoms with Gasteiger partial charge in [0.05, 0.1) is 11.2 Å². The highest BCUT2D eigenvalue weighted by Gasteiger charge is 2.09. The topological polar surface area (TPSA) is 79.8 Å². The molecule has 2 N–H and O–H groups in total. The third-order valence-electron chi connectivity index (χ3n) is 4.61.